The van der Waals surface area contributed by atoms with Gasteiger partial charge in [-0.1, -0.05) is 35.9 Å². The highest BCUT2D eigenvalue weighted by Gasteiger charge is 2.53. The Kier molecular flexibility index (Phi) is 8.64. The molecule has 0 bridgehead atoms. The summed E-state index contributed by atoms with van der Waals surface area (Å²) in [4.78, 5) is 12.8. The number of anilines is 1. The number of aliphatic carboxylic acids is 1. The average molecular weight is 703 g/mol. The molecule has 2 heterocycles. The van der Waals surface area contributed by atoms with Crippen LogP contribution >= 0.6 is 11.6 Å². The molecule has 5 rings (SSSR count). The highest BCUT2D eigenvalue weighted by molar-refractivity contribution is 7.92. The second-order valence-electron chi connectivity index (χ2n) is 12.4. The molecular weight excluding hydrogens is 674 g/mol. The fourth-order valence-electron chi connectivity index (χ4n) is 5.85. The first kappa shape index (κ1) is 34.6. The average Bonchev–Trinajstić information content (AvgIpc) is 2.94. The number of carboxylic acids is 1. The third-order valence-electron chi connectivity index (χ3n) is 8.08. The van der Waals surface area contributed by atoms with Gasteiger partial charge in [-0.2, -0.15) is 26.3 Å². The van der Waals surface area contributed by atoms with Gasteiger partial charge in [0.15, 0.2) is 5.60 Å². The van der Waals surface area contributed by atoms with Crippen molar-refractivity contribution in [2.75, 3.05) is 30.5 Å². The largest absolute Gasteiger partial charge is 0.481 e. The summed E-state index contributed by atoms with van der Waals surface area (Å²) in [6, 6.07) is 11.0. The van der Waals surface area contributed by atoms with Gasteiger partial charge in [-0.05, 0) is 74.4 Å². The Hall–Kier alpha value is -3.75. The number of rotatable bonds is 7. The summed E-state index contributed by atoms with van der Waals surface area (Å²) < 4.78 is 117. The van der Waals surface area contributed by atoms with Crippen molar-refractivity contribution in [1.82, 2.24) is 4.90 Å². The number of ether oxygens (including phenoxy) is 1. The van der Waals surface area contributed by atoms with E-state index in [9.17, 15) is 44.7 Å². The number of nitrogens with zero attached hydrogens (tertiary/aromatic N) is 2. The van der Waals surface area contributed by atoms with Gasteiger partial charge in [0.2, 0.25) is 0 Å². The van der Waals surface area contributed by atoms with Crippen LogP contribution < -0.4 is 9.04 Å². The summed E-state index contributed by atoms with van der Waals surface area (Å²) in [6.07, 6.45) is -8.14. The zero-order chi connectivity index (χ0) is 34.7. The van der Waals surface area contributed by atoms with Crippen molar-refractivity contribution in [2.24, 2.45) is 5.41 Å². The Bertz CT molecular complexity index is 1870. The van der Waals surface area contributed by atoms with Gasteiger partial charge in [-0.3, -0.25) is 14.0 Å². The standard InChI is InChI=1S/C32H29ClF6N2O5S/c1-19(27-23(32(37,38)39)8-5-9-24(27)33)12-20-10-11-26-25(13-20)41(47(44,45)22-7-4-6-21(14-22)31(34,35)36)18-30(46-26)16-40(17-30)15-29(2,3)28(42)43/h4-14H,15-18H2,1-3H3,(H,42,43)/b19-12+. The normalized spacial score (nSPS) is 17.2. The SMILES string of the molecule is C/C(=C\c1ccc2c(c1)N(S(=O)(=O)c1cccc(C(F)(F)F)c1)CC1(CN(CC(C)(C)C(=O)O)C1)O2)c1c(Cl)cccc1C(F)(F)F. The summed E-state index contributed by atoms with van der Waals surface area (Å²) in [5.74, 6) is -0.954. The van der Waals surface area contributed by atoms with Gasteiger partial charge in [0, 0.05) is 30.2 Å². The van der Waals surface area contributed by atoms with Crippen molar-refractivity contribution in [1.29, 1.82) is 0 Å². The van der Waals surface area contributed by atoms with E-state index >= 15 is 0 Å². The van der Waals surface area contributed by atoms with Crippen LogP contribution in [0.1, 0.15) is 43.0 Å². The summed E-state index contributed by atoms with van der Waals surface area (Å²) in [6.45, 7) is 4.57. The van der Waals surface area contributed by atoms with E-state index in [2.05, 4.69) is 0 Å². The molecule has 252 valence electrons. The molecule has 1 spiro atoms. The topological polar surface area (TPSA) is 87.2 Å². The Labute approximate surface area is 272 Å². The molecule has 0 unspecified atom stereocenters. The maximum Gasteiger partial charge on any atom is 0.417 e. The number of carbonyl (C=O) groups is 1. The lowest BCUT2D eigenvalue weighted by molar-refractivity contribution is -0.152. The molecule has 2 aliphatic rings. The van der Waals surface area contributed by atoms with Crippen molar-refractivity contribution < 1.29 is 49.4 Å². The van der Waals surface area contributed by atoms with E-state index in [-0.39, 0.29) is 59.3 Å². The Morgan fingerprint density at radius 1 is 0.979 bits per heavy atom. The van der Waals surface area contributed by atoms with Crippen LogP contribution in [-0.2, 0) is 27.2 Å². The number of likely N-dealkylation sites (tertiary alicyclic amines) is 1. The summed E-state index contributed by atoms with van der Waals surface area (Å²) in [5, 5.41) is 9.39. The van der Waals surface area contributed by atoms with E-state index in [1.807, 2.05) is 0 Å². The Balaban J connectivity index is 1.58. The molecule has 1 saturated heterocycles. The molecule has 15 heteroatoms. The minimum atomic E-state index is -4.81. The van der Waals surface area contributed by atoms with Gasteiger partial charge < -0.3 is 9.84 Å². The van der Waals surface area contributed by atoms with Gasteiger partial charge in [-0.25, -0.2) is 8.42 Å². The number of sulfonamides is 1. The number of halogens is 7. The molecule has 3 aromatic rings. The lowest BCUT2D eigenvalue weighted by Gasteiger charge is -2.55. The van der Waals surface area contributed by atoms with Crippen LogP contribution in [0.5, 0.6) is 5.75 Å². The van der Waals surface area contributed by atoms with Crippen LogP contribution in [0.3, 0.4) is 0 Å². The molecule has 1 fully saturated rings. The van der Waals surface area contributed by atoms with Crippen LogP contribution in [0.4, 0.5) is 32.0 Å². The molecule has 0 atom stereocenters. The van der Waals surface area contributed by atoms with E-state index in [0.29, 0.717) is 6.07 Å². The van der Waals surface area contributed by atoms with Crippen LogP contribution in [0.2, 0.25) is 5.02 Å². The van der Waals surface area contributed by atoms with Gasteiger partial charge in [0.05, 0.1) is 33.7 Å². The maximum atomic E-state index is 14.1. The summed E-state index contributed by atoms with van der Waals surface area (Å²) in [5.41, 5.74) is -4.30. The summed E-state index contributed by atoms with van der Waals surface area (Å²) in [7, 11) is -4.65. The van der Waals surface area contributed by atoms with Crippen molar-refractivity contribution in [3.8, 4) is 5.75 Å². The zero-order valence-corrected chi connectivity index (χ0v) is 26.8. The smallest absolute Gasteiger partial charge is 0.417 e. The number of fused-ring (bicyclic) bond motifs is 1. The number of benzene rings is 3. The van der Waals surface area contributed by atoms with Crippen molar-refractivity contribution in [3.63, 3.8) is 0 Å². The number of allylic oxidation sites excluding steroid dienone is 1. The second-order valence-corrected chi connectivity index (χ2v) is 14.6. The van der Waals surface area contributed by atoms with Gasteiger partial charge in [-0.15, -0.1) is 0 Å². The number of hydrogen-bond acceptors (Lipinski definition) is 5. The first-order valence-corrected chi connectivity index (χ1v) is 16.0. The molecule has 0 saturated carbocycles. The monoisotopic (exact) mass is 702 g/mol. The van der Waals surface area contributed by atoms with Gasteiger partial charge >= 0.3 is 18.3 Å². The minimum absolute atomic E-state index is 0.0332. The molecule has 7 nitrogen and oxygen atoms in total. The van der Waals surface area contributed by atoms with E-state index in [1.165, 1.54) is 43.3 Å². The highest BCUT2D eigenvalue weighted by Crippen LogP contribution is 2.45. The number of alkyl halides is 6. The lowest BCUT2D eigenvalue weighted by atomic mass is 9.86. The Morgan fingerprint density at radius 2 is 1.64 bits per heavy atom. The quantitative estimate of drug-likeness (QED) is 0.201. The molecule has 1 N–H and O–H groups in total. The molecule has 0 aliphatic carbocycles. The lowest BCUT2D eigenvalue weighted by Crippen LogP contribution is -2.72. The van der Waals surface area contributed by atoms with E-state index in [0.717, 1.165) is 28.6 Å². The third-order valence-corrected chi connectivity index (χ3v) is 10.1. The van der Waals surface area contributed by atoms with Gasteiger partial charge in [0.1, 0.15) is 5.75 Å². The second kappa shape index (κ2) is 11.7. The summed E-state index contributed by atoms with van der Waals surface area (Å²) >= 11 is 6.17. The predicted octanol–water partition coefficient (Wildman–Crippen LogP) is 7.69. The van der Waals surface area contributed by atoms with E-state index in [4.69, 9.17) is 16.3 Å². The number of carboxylic acid groups (broad SMARTS) is 1. The fraction of sp³-hybridized carbons (Fsp3) is 0.344. The first-order chi connectivity index (χ1) is 21.6. The maximum absolute atomic E-state index is 14.1. The highest BCUT2D eigenvalue weighted by atomic mass is 35.5. The van der Waals surface area contributed by atoms with Crippen molar-refractivity contribution >= 4 is 44.9 Å². The molecule has 47 heavy (non-hydrogen) atoms. The predicted molar refractivity (Wildman–Crippen MR) is 164 cm³/mol. The van der Waals surface area contributed by atoms with Gasteiger partial charge in [0.25, 0.3) is 10.0 Å². The molecule has 0 radical (unpaired) electrons. The molecular formula is C32H29ClF6N2O5S. The van der Waals surface area contributed by atoms with Crippen molar-refractivity contribution in [3.05, 3.63) is 87.9 Å². The van der Waals surface area contributed by atoms with E-state index < -0.39 is 55.4 Å². The zero-order valence-electron chi connectivity index (χ0n) is 25.2. The van der Waals surface area contributed by atoms with Crippen molar-refractivity contribution in [2.45, 2.75) is 43.6 Å². The molecule has 3 aromatic carbocycles. The third kappa shape index (κ3) is 6.81. The fourth-order valence-corrected chi connectivity index (χ4v) is 7.76. The molecule has 0 aromatic heterocycles. The molecule has 0 amide bonds. The minimum Gasteiger partial charge on any atom is -0.481 e. The number of hydrogen-bond donors (Lipinski definition) is 1. The van der Waals surface area contributed by atoms with E-state index in [1.54, 1.807) is 18.7 Å². The Morgan fingerprint density at radius 3 is 2.26 bits per heavy atom. The first-order valence-electron chi connectivity index (χ1n) is 14.2. The van der Waals surface area contributed by atoms with Crippen LogP contribution in [0.15, 0.2) is 65.6 Å². The van der Waals surface area contributed by atoms with Crippen LogP contribution in [-0.4, -0.2) is 56.2 Å². The van der Waals surface area contributed by atoms with Crippen LogP contribution in [0, 0.1) is 5.41 Å². The van der Waals surface area contributed by atoms with Crippen LogP contribution in [0.25, 0.3) is 11.6 Å². The molecule has 2 aliphatic heterocycles.